The molecular formula is C75H75N4OPt-3. The molecule has 2 aromatic heterocycles. The number of ether oxygens (including phenoxy) is 1. The smallest absolute Gasteiger partial charge is 0.135 e. The Morgan fingerprint density at radius 3 is 1.99 bits per heavy atom. The van der Waals surface area contributed by atoms with Gasteiger partial charge in [0.15, 0.2) is 0 Å². The van der Waals surface area contributed by atoms with Gasteiger partial charge in [0.2, 0.25) is 0 Å². The summed E-state index contributed by atoms with van der Waals surface area (Å²) in [5.41, 5.74) is 13.3. The van der Waals surface area contributed by atoms with E-state index in [4.69, 9.17) is 15.2 Å². The van der Waals surface area contributed by atoms with Gasteiger partial charge in [0.25, 0.3) is 0 Å². The zero-order valence-corrected chi connectivity index (χ0v) is 51.2. The minimum Gasteiger partial charge on any atom is -0.509 e. The van der Waals surface area contributed by atoms with Gasteiger partial charge in [-0.3, -0.25) is 0 Å². The van der Waals surface area contributed by atoms with E-state index >= 15 is 0 Å². The summed E-state index contributed by atoms with van der Waals surface area (Å²) in [7, 11) is 0. The molecule has 10 aromatic rings. The summed E-state index contributed by atoms with van der Waals surface area (Å²) in [6, 6.07) is 49.9. The van der Waals surface area contributed by atoms with E-state index in [2.05, 4.69) is 173 Å². The molecule has 1 aliphatic heterocycles. The van der Waals surface area contributed by atoms with Crippen molar-refractivity contribution in [2.75, 3.05) is 9.80 Å². The third-order valence-corrected chi connectivity index (χ3v) is 16.2. The number of fused-ring (bicyclic) bond motifs is 5. The third-order valence-electron chi connectivity index (χ3n) is 16.2. The Bertz CT molecular complexity index is 4430. The van der Waals surface area contributed by atoms with Crippen LogP contribution in [0.25, 0.3) is 61.0 Å². The average molecular weight is 1250 g/mol. The van der Waals surface area contributed by atoms with E-state index in [-0.39, 0.29) is 85.0 Å². The van der Waals surface area contributed by atoms with Crippen LogP contribution in [0, 0.1) is 24.2 Å². The summed E-state index contributed by atoms with van der Waals surface area (Å²) < 4.78 is 74.2. The van der Waals surface area contributed by atoms with E-state index < -0.39 is 5.41 Å². The monoisotopic (exact) mass is 1250 g/mol. The number of pyridine rings is 1. The SMILES string of the molecule is [2H]c1c([2H])c2c(c([2H])c1-c1cccc(-c3ccc(-c4ccc(C(C)(C)C)cc4)c(C(C)(C)C)c3)c1N1[CH-]N(c3[c-]c(Oc4[c-]c5c(cc4)c4c([2H])c([2H])c([2H])c([2H])c4n5-c4cc(CC(C)(C)C)ccn4)ccc3)c3ccccc31)C(C)(C)CCC2(C)C.[Pt]. The summed E-state index contributed by atoms with van der Waals surface area (Å²) in [6.07, 6.45) is 4.22. The second-order valence-electron chi connectivity index (χ2n) is 26.6. The van der Waals surface area contributed by atoms with Crippen molar-refractivity contribution in [3.05, 3.63) is 223 Å². The second-order valence-corrected chi connectivity index (χ2v) is 26.6. The molecule has 0 saturated carbocycles. The van der Waals surface area contributed by atoms with Crippen molar-refractivity contribution in [3.63, 3.8) is 0 Å². The fourth-order valence-electron chi connectivity index (χ4n) is 11.9. The van der Waals surface area contributed by atoms with Crippen LogP contribution >= 0.6 is 0 Å². The normalized spacial score (nSPS) is 16.1. The topological polar surface area (TPSA) is 33.5 Å². The van der Waals surface area contributed by atoms with Crippen molar-refractivity contribution in [2.24, 2.45) is 5.41 Å². The Morgan fingerprint density at radius 2 is 1.27 bits per heavy atom. The zero-order valence-electron chi connectivity index (χ0n) is 55.9. The molecule has 0 unspecified atom stereocenters. The van der Waals surface area contributed by atoms with Gasteiger partial charge in [0.05, 0.1) is 9.60 Å². The first kappa shape index (κ1) is 47.4. The molecule has 8 aromatic carbocycles. The van der Waals surface area contributed by atoms with Crippen LogP contribution < -0.4 is 14.5 Å². The molecule has 81 heavy (non-hydrogen) atoms. The fourth-order valence-corrected chi connectivity index (χ4v) is 11.9. The zero-order chi connectivity index (χ0) is 62.2. The molecule has 6 heteroatoms. The number of aromatic nitrogens is 2. The molecule has 2 aliphatic rings. The maximum absolute atomic E-state index is 10.3. The molecule has 0 bridgehead atoms. The summed E-state index contributed by atoms with van der Waals surface area (Å²) in [6.45, 7) is 30.7. The largest absolute Gasteiger partial charge is 0.509 e. The molecule has 1 aliphatic carbocycles. The van der Waals surface area contributed by atoms with Gasteiger partial charge < -0.3 is 19.1 Å². The van der Waals surface area contributed by atoms with E-state index in [0.29, 0.717) is 55.9 Å². The number of anilines is 4. The summed E-state index contributed by atoms with van der Waals surface area (Å²) >= 11 is 0. The van der Waals surface area contributed by atoms with Gasteiger partial charge in [0, 0.05) is 72.5 Å². The Hall–Kier alpha value is -7.20. The van der Waals surface area contributed by atoms with Crippen molar-refractivity contribution >= 4 is 44.6 Å². The maximum atomic E-state index is 10.3. The van der Waals surface area contributed by atoms with Crippen LogP contribution in [0.4, 0.5) is 22.7 Å². The molecule has 0 atom stereocenters. The summed E-state index contributed by atoms with van der Waals surface area (Å²) in [5, 5.41) is 0.959. The van der Waals surface area contributed by atoms with Crippen LogP contribution in [0.5, 0.6) is 11.5 Å². The molecular weight excluding hydrogens is 1170 g/mol. The Balaban J connectivity index is 0.00000800. The number of benzene rings is 8. The summed E-state index contributed by atoms with van der Waals surface area (Å²) in [4.78, 5) is 9.03. The van der Waals surface area contributed by atoms with E-state index in [1.165, 1.54) is 11.1 Å². The maximum Gasteiger partial charge on any atom is 0.135 e. The molecule has 0 N–H and O–H groups in total. The van der Waals surface area contributed by atoms with Crippen LogP contribution in [-0.4, -0.2) is 9.55 Å². The first-order chi connectivity index (χ1) is 40.9. The van der Waals surface area contributed by atoms with Gasteiger partial charge in [-0.05, 0) is 138 Å². The second kappa shape index (κ2) is 20.7. The van der Waals surface area contributed by atoms with Gasteiger partial charge >= 0.3 is 0 Å². The number of nitrogens with zero attached hydrogens (tertiary/aromatic N) is 4. The molecule has 0 spiro atoms. The van der Waals surface area contributed by atoms with E-state index in [9.17, 15) is 4.11 Å². The van der Waals surface area contributed by atoms with Crippen LogP contribution in [0.2, 0.25) is 0 Å². The summed E-state index contributed by atoms with van der Waals surface area (Å²) in [5.74, 6) is 1.25. The Kier molecular flexibility index (Phi) is 12.1. The molecule has 12 rings (SSSR count). The van der Waals surface area contributed by atoms with Crippen LogP contribution in [0.3, 0.4) is 0 Å². The fraction of sp³-hybridized carbons (Fsp3) is 0.280. The standard InChI is InChI=1S/C75H75N4O.Pt/c1-71(2,3)47-49-38-41-76-69(42-49)79-65-25-15-14-22-60(65)61-36-34-56(46-68(61)79)80-55-21-18-20-54(45-55)77-48-78(67-27-17-16-26-66(67)77)70-58(23-19-24-59(70)52-31-37-62-64(44-52)75(12,13)40-39-74(62,10)11)51-30-35-57(63(43-51)73(7,8)9)50-28-32-53(33-29-50)72(4,5)6;/h14-38,41-44,48H,39-40,47H2,1-13H3;/q-3;/i14D,15D,22D,25D,31D,37D,44D;. The molecule has 414 valence electrons. The molecule has 0 amide bonds. The van der Waals surface area contributed by atoms with Gasteiger partial charge in [-0.15, -0.1) is 48.1 Å². The molecule has 0 radical (unpaired) electrons. The van der Waals surface area contributed by atoms with Crippen molar-refractivity contribution in [2.45, 2.75) is 131 Å². The van der Waals surface area contributed by atoms with Crippen LogP contribution in [-0.2, 0) is 49.1 Å². The minimum atomic E-state index is -0.404. The predicted octanol–water partition coefficient (Wildman–Crippen LogP) is 20.5. The molecule has 5 nitrogen and oxygen atoms in total. The van der Waals surface area contributed by atoms with Crippen molar-refractivity contribution < 1.29 is 35.4 Å². The van der Waals surface area contributed by atoms with Gasteiger partial charge in [0.1, 0.15) is 5.82 Å². The quantitative estimate of drug-likeness (QED) is 0.135. The van der Waals surface area contributed by atoms with Crippen LogP contribution in [0.1, 0.15) is 140 Å². The first-order valence-electron chi connectivity index (χ1n) is 31.6. The third kappa shape index (κ3) is 10.6. The number of rotatable bonds is 9. The van der Waals surface area contributed by atoms with E-state index in [1.54, 1.807) is 16.8 Å². The average Bonchev–Trinajstić information content (AvgIpc) is 1.34. The molecule has 0 saturated heterocycles. The van der Waals surface area contributed by atoms with Crippen molar-refractivity contribution in [1.29, 1.82) is 0 Å². The first-order valence-corrected chi connectivity index (χ1v) is 28.1. The molecule has 0 fully saturated rings. The Labute approximate surface area is 506 Å². The van der Waals surface area contributed by atoms with Crippen molar-refractivity contribution in [3.8, 4) is 50.7 Å². The van der Waals surface area contributed by atoms with E-state index in [0.717, 1.165) is 75.3 Å². The number of hydrogen-bond donors (Lipinski definition) is 0. The van der Waals surface area contributed by atoms with E-state index in [1.807, 2.05) is 67.3 Å². The Morgan fingerprint density at radius 1 is 0.605 bits per heavy atom. The predicted molar refractivity (Wildman–Crippen MR) is 336 cm³/mol. The van der Waals surface area contributed by atoms with Gasteiger partial charge in [-0.2, -0.15) is 12.1 Å². The molecule has 3 heterocycles. The minimum absolute atomic E-state index is 0. The van der Waals surface area contributed by atoms with Crippen molar-refractivity contribution in [1.82, 2.24) is 9.55 Å². The number of hydrogen-bond acceptors (Lipinski definition) is 4. The van der Waals surface area contributed by atoms with Gasteiger partial charge in [-0.25, -0.2) is 4.98 Å². The van der Waals surface area contributed by atoms with Crippen LogP contribution in [0.15, 0.2) is 176 Å². The van der Waals surface area contributed by atoms with Gasteiger partial charge in [-0.1, -0.05) is 199 Å². The number of para-hydroxylation sites is 4.